The second kappa shape index (κ2) is 6.77. The van der Waals surface area contributed by atoms with Crippen molar-refractivity contribution in [3.63, 3.8) is 0 Å². The van der Waals surface area contributed by atoms with Gasteiger partial charge in [-0.15, -0.1) is 0 Å². The van der Waals surface area contributed by atoms with Gasteiger partial charge < -0.3 is 14.2 Å². The van der Waals surface area contributed by atoms with Gasteiger partial charge in [-0.2, -0.15) is 0 Å². The van der Waals surface area contributed by atoms with Crippen molar-refractivity contribution in [3.8, 4) is 0 Å². The fourth-order valence-corrected chi connectivity index (χ4v) is 3.00. The van der Waals surface area contributed by atoms with Gasteiger partial charge in [0, 0.05) is 31.5 Å². The highest BCUT2D eigenvalue weighted by Crippen LogP contribution is 2.27. The molecule has 1 aliphatic heterocycles. The van der Waals surface area contributed by atoms with Crippen LogP contribution in [0.1, 0.15) is 52.3 Å². The monoisotopic (exact) mass is 320 g/mol. The van der Waals surface area contributed by atoms with E-state index < -0.39 is 0 Å². The molecule has 23 heavy (non-hydrogen) atoms. The van der Waals surface area contributed by atoms with Crippen molar-refractivity contribution >= 4 is 11.8 Å². The predicted molar refractivity (Wildman–Crippen MR) is 88.7 cm³/mol. The molecule has 0 N–H and O–H groups in total. The molecule has 1 unspecified atom stereocenters. The van der Waals surface area contributed by atoms with Gasteiger partial charge in [-0.05, 0) is 31.9 Å². The number of carbonyl (C=O) groups is 2. The van der Waals surface area contributed by atoms with Crippen LogP contribution in [0.15, 0.2) is 22.8 Å². The van der Waals surface area contributed by atoms with E-state index in [9.17, 15) is 9.59 Å². The van der Waals surface area contributed by atoms with E-state index in [2.05, 4.69) is 0 Å². The van der Waals surface area contributed by atoms with Gasteiger partial charge in [0.1, 0.15) is 5.76 Å². The van der Waals surface area contributed by atoms with E-state index in [1.54, 1.807) is 11.2 Å². The molecule has 5 nitrogen and oxygen atoms in total. The Labute approximate surface area is 138 Å². The molecule has 5 heteroatoms. The summed E-state index contributed by atoms with van der Waals surface area (Å²) in [5.74, 6) is 1.08. The molecule has 1 atom stereocenters. The summed E-state index contributed by atoms with van der Waals surface area (Å²) in [5.41, 5.74) is -0.360. The summed E-state index contributed by atoms with van der Waals surface area (Å²) < 4.78 is 5.39. The molecule has 0 aromatic carbocycles. The van der Waals surface area contributed by atoms with Crippen LogP contribution in [-0.2, 0) is 9.59 Å². The minimum absolute atomic E-state index is 0.0126. The third-order valence-corrected chi connectivity index (χ3v) is 4.66. The normalized spacial score (nSPS) is 17.9. The number of furan rings is 1. The largest absolute Gasteiger partial charge is 0.467 e. The summed E-state index contributed by atoms with van der Waals surface area (Å²) in [7, 11) is 1.82. The van der Waals surface area contributed by atoms with Crippen molar-refractivity contribution in [1.29, 1.82) is 0 Å². The predicted octanol–water partition coefficient (Wildman–Crippen LogP) is 3.08. The highest BCUT2D eigenvalue weighted by Gasteiger charge is 2.34. The van der Waals surface area contributed by atoms with Crippen LogP contribution in [0.4, 0.5) is 0 Å². The molecule has 2 rings (SSSR count). The number of hydrogen-bond acceptors (Lipinski definition) is 3. The zero-order valence-electron chi connectivity index (χ0n) is 14.8. The Morgan fingerprint density at radius 1 is 1.30 bits per heavy atom. The zero-order chi connectivity index (χ0) is 17.2. The molecule has 0 saturated carbocycles. The maximum absolute atomic E-state index is 12.7. The Hall–Kier alpha value is -1.78. The van der Waals surface area contributed by atoms with E-state index in [1.807, 2.05) is 51.8 Å². The second-order valence-corrected chi connectivity index (χ2v) is 7.46. The third-order valence-electron chi connectivity index (χ3n) is 4.66. The molecule has 1 fully saturated rings. The highest BCUT2D eigenvalue weighted by atomic mass is 16.3. The summed E-state index contributed by atoms with van der Waals surface area (Å²) in [6.45, 7) is 9.10. The van der Waals surface area contributed by atoms with Crippen molar-refractivity contribution < 1.29 is 14.0 Å². The fourth-order valence-electron chi connectivity index (χ4n) is 3.00. The average molecular weight is 320 g/mol. The minimum atomic E-state index is -0.360. The van der Waals surface area contributed by atoms with Gasteiger partial charge in [0.2, 0.25) is 11.8 Å². The van der Waals surface area contributed by atoms with Crippen LogP contribution in [0.5, 0.6) is 0 Å². The number of amides is 2. The number of hydrogen-bond donors (Lipinski definition) is 0. The van der Waals surface area contributed by atoms with Gasteiger partial charge in [0.15, 0.2) is 0 Å². The van der Waals surface area contributed by atoms with E-state index in [4.69, 9.17) is 4.42 Å². The number of rotatable bonds is 3. The molecule has 1 aromatic rings. The van der Waals surface area contributed by atoms with E-state index in [1.165, 1.54) is 0 Å². The van der Waals surface area contributed by atoms with Crippen LogP contribution >= 0.6 is 0 Å². The van der Waals surface area contributed by atoms with Crippen LogP contribution in [0.2, 0.25) is 0 Å². The fraction of sp³-hybridized carbons (Fsp3) is 0.667. The average Bonchev–Trinajstić information content (AvgIpc) is 3.05. The van der Waals surface area contributed by atoms with Crippen molar-refractivity contribution in [3.05, 3.63) is 24.2 Å². The first-order valence-corrected chi connectivity index (χ1v) is 8.31. The first-order chi connectivity index (χ1) is 10.7. The zero-order valence-corrected chi connectivity index (χ0v) is 14.8. The first-order valence-electron chi connectivity index (χ1n) is 8.31. The van der Waals surface area contributed by atoms with E-state index in [-0.39, 0.29) is 29.2 Å². The van der Waals surface area contributed by atoms with Gasteiger partial charge in [-0.3, -0.25) is 9.59 Å². The van der Waals surface area contributed by atoms with Crippen molar-refractivity contribution in [2.75, 3.05) is 20.1 Å². The molecule has 2 heterocycles. The summed E-state index contributed by atoms with van der Waals surface area (Å²) in [6.07, 6.45) is 3.09. The molecule has 2 amide bonds. The van der Waals surface area contributed by atoms with Crippen LogP contribution in [0.25, 0.3) is 0 Å². The molecule has 0 spiro atoms. The Balaban J connectivity index is 1.92. The summed E-state index contributed by atoms with van der Waals surface area (Å²) in [6, 6.07) is 3.64. The second-order valence-electron chi connectivity index (χ2n) is 7.46. The number of likely N-dealkylation sites (tertiary alicyclic amines) is 1. The third kappa shape index (κ3) is 3.95. The Bertz CT molecular complexity index is 537. The Morgan fingerprint density at radius 3 is 2.39 bits per heavy atom. The highest BCUT2D eigenvalue weighted by molar-refractivity contribution is 5.82. The van der Waals surface area contributed by atoms with Gasteiger partial charge in [-0.1, -0.05) is 20.8 Å². The summed E-state index contributed by atoms with van der Waals surface area (Å²) in [4.78, 5) is 28.6. The van der Waals surface area contributed by atoms with Crippen LogP contribution in [-0.4, -0.2) is 41.8 Å². The quantitative estimate of drug-likeness (QED) is 0.860. The maximum atomic E-state index is 12.7. The first kappa shape index (κ1) is 17.6. The van der Waals surface area contributed by atoms with Crippen molar-refractivity contribution in [1.82, 2.24) is 9.80 Å². The molecular weight excluding hydrogens is 292 g/mol. The van der Waals surface area contributed by atoms with Gasteiger partial charge in [0.05, 0.1) is 12.3 Å². The van der Waals surface area contributed by atoms with Crippen molar-refractivity contribution in [2.45, 2.75) is 46.6 Å². The molecule has 1 aromatic heterocycles. The Morgan fingerprint density at radius 2 is 1.91 bits per heavy atom. The van der Waals surface area contributed by atoms with Gasteiger partial charge in [0.25, 0.3) is 0 Å². The van der Waals surface area contributed by atoms with Gasteiger partial charge in [-0.25, -0.2) is 0 Å². The number of nitrogens with zero attached hydrogens (tertiary/aromatic N) is 2. The lowest BCUT2D eigenvalue weighted by atomic mass is 9.90. The summed E-state index contributed by atoms with van der Waals surface area (Å²) in [5, 5.41) is 0. The lowest BCUT2D eigenvalue weighted by Gasteiger charge is -2.37. The standard InChI is InChI=1S/C18H28N2O3/c1-13(15-7-6-12-23-15)19(5)16(21)14-8-10-20(11-9-14)17(22)18(2,3)4/h6-7,12-14H,8-11H2,1-5H3. The lowest BCUT2D eigenvalue weighted by Crippen LogP contribution is -2.47. The minimum Gasteiger partial charge on any atom is -0.467 e. The lowest BCUT2D eigenvalue weighted by molar-refractivity contribution is -0.145. The van der Waals surface area contributed by atoms with Crippen LogP contribution in [0, 0.1) is 11.3 Å². The van der Waals surface area contributed by atoms with Crippen LogP contribution < -0.4 is 0 Å². The molecule has 0 aliphatic carbocycles. The smallest absolute Gasteiger partial charge is 0.227 e. The van der Waals surface area contributed by atoms with Crippen molar-refractivity contribution in [2.24, 2.45) is 11.3 Å². The molecule has 1 saturated heterocycles. The molecular formula is C18H28N2O3. The SMILES string of the molecule is CC(c1ccco1)N(C)C(=O)C1CCN(C(=O)C(C)(C)C)CC1. The molecule has 0 bridgehead atoms. The van der Waals surface area contributed by atoms with E-state index in [0.29, 0.717) is 13.1 Å². The molecule has 0 radical (unpaired) electrons. The Kier molecular flexibility index (Phi) is 5.17. The topological polar surface area (TPSA) is 53.8 Å². The van der Waals surface area contributed by atoms with Gasteiger partial charge >= 0.3 is 0 Å². The number of carbonyl (C=O) groups excluding carboxylic acids is 2. The molecule has 128 valence electrons. The van der Waals surface area contributed by atoms with Crippen LogP contribution in [0.3, 0.4) is 0 Å². The summed E-state index contributed by atoms with van der Waals surface area (Å²) >= 11 is 0. The maximum Gasteiger partial charge on any atom is 0.227 e. The van der Waals surface area contributed by atoms with E-state index >= 15 is 0 Å². The van der Waals surface area contributed by atoms with E-state index in [0.717, 1.165) is 18.6 Å². The number of piperidine rings is 1. The molecule has 1 aliphatic rings.